The smallest absolute Gasteiger partial charge is 0.0568 e. The number of methoxy groups -OCH3 is 1. The quantitative estimate of drug-likeness (QED) is 0.530. The summed E-state index contributed by atoms with van der Waals surface area (Å²) >= 11 is 0. The molecule has 4 heteroatoms. The van der Waals surface area contributed by atoms with Crippen LogP contribution in [0.4, 0.5) is 0 Å². The van der Waals surface area contributed by atoms with Gasteiger partial charge in [-0.05, 0) is 32.7 Å². The molecule has 1 unspecified atom stereocenters. The van der Waals surface area contributed by atoms with Crippen molar-refractivity contribution in [1.82, 2.24) is 0 Å². The lowest BCUT2D eigenvalue weighted by molar-refractivity contribution is 0.0228. The third kappa shape index (κ3) is 11.8. The zero-order valence-electron chi connectivity index (χ0n) is 10.0. The lowest BCUT2D eigenvalue weighted by Gasteiger charge is -2.12. The Kier molecular flexibility index (Phi) is 11.8. The van der Waals surface area contributed by atoms with Gasteiger partial charge < -0.3 is 19.9 Å². The van der Waals surface area contributed by atoms with Crippen LogP contribution in [-0.2, 0) is 14.2 Å². The molecule has 0 radical (unpaired) electrons. The fourth-order valence-electron chi connectivity index (χ4n) is 1.11. The molecule has 0 aliphatic carbocycles. The lowest BCUT2D eigenvalue weighted by atomic mass is 10.3. The molecule has 0 aliphatic heterocycles. The summed E-state index contributed by atoms with van der Waals surface area (Å²) in [4.78, 5) is 0. The molecule has 15 heavy (non-hydrogen) atoms. The van der Waals surface area contributed by atoms with Gasteiger partial charge in [0.15, 0.2) is 0 Å². The van der Waals surface area contributed by atoms with E-state index in [4.69, 9.17) is 19.9 Å². The molecule has 1 atom stereocenters. The van der Waals surface area contributed by atoms with Crippen LogP contribution in [0.25, 0.3) is 0 Å². The van der Waals surface area contributed by atoms with Crippen molar-refractivity contribution in [2.75, 3.05) is 40.1 Å². The molecule has 92 valence electrons. The molecule has 4 nitrogen and oxygen atoms in total. The molecular weight excluding hydrogens is 194 g/mol. The molecule has 0 aromatic heterocycles. The van der Waals surface area contributed by atoms with Crippen molar-refractivity contribution in [3.05, 3.63) is 0 Å². The van der Waals surface area contributed by atoms with Crippen molar-refractivity contribution in [2.45, 2.75) is 32.3 Å². The molecule has 0 amide bonds. The average molecular weight is 219 g/mol. The summed E-state index contributed by atoms with van der Waals surface area (Å²) < 4.78 is 15.9. The summed E-state index contributed by atoms with van der Waals surface area (Å²) in [6, 6.07) is 0. The number of rotatable bonds is 11. The zero-order chi connectivity index (χ0) is 11.4. The molecule has 0 rings (SSSR count). The number of hydrogen-bond acceptors (Lipinski definition) is 4. The van der Waals surface area contributed by atoms with Gasteiger partial charge in [0.25, 0.3) is 0 Å². The minimum Gasteiger partial charge on any atom is -0.385 e. The molecule has 0 saturated carbocycles. The Morgan fingerprint density at radius 2 is 1.87 bits per heavy atom. The molecule has 0 heterocycles. The fourth-order valence-corrected chi connectivity index (χ4v) is 1.11. The van der Waals surface area contributed by atoms with Crippen molar-refractivity contribution in [3.8, 4) is 0 Å². The van der Waals surface area contributed by atoms with Crippen LogP contribution in [0.3, 0.4) is 0 Å². The van der Waals surface area contributed by atoms with E-state index in [1.807, 2.05) is 0 Å². The van der Waals surface area contributed by atoms with E-state index in [1.54, 1.807) is 7.11 Å². The highest BCUT2D eigenvalue weighted by atomic mass is 16.5. The minimum absolute atomic E-state index is 0.264. The zero-order valence-corrected chi connectivity index (χ0v) is 10.0. The van der Waals surface area contributed by atoms with Gasteiger partial charge in [-0.2, -0.15) is 0 Å². The Bertz CT molecular complexity index is 122. The van der Waals surface area contributed by atoms with Crippen LogP contribution in [0.1, 0.15) is 26.2 Å². The molecule has 0 aromatic rings. The van der Waals surface area contributed by atoms with Gasteiger partial charge in [0, 0.05) is 33.5 Å². The molecule has 0 spiro atoms. The Balaban J connectivity index is 3.08. The number of nitrogens with two attached hydrogens (primary N) is 1. The van der Waals surface area contributed by atoms with Crippen LogP contribution >= 0.6 is 0 Å². The van der Waals surface area contributed by atoms with E-state index >= 15 is 0 Å². The molecular formula is C11H25NO3. The van der Waals surface area contributed by atoms with Gasteiger partial charge in [0.2, 0.25) is 0 Å². The van der Waals surface area contributed by atoms with E-state index in [0.29, 0.717) is 6.54 Å². The first-order valence-corrected chi connectivity index (χ1v) is 5.69. The van der Waals surface area contributed by atoms with E-state index in [0.717, 1.165) is 45.7 Å². The first-order valence-electron chi connectivity index (χ1n) is 5.69. The van der Waals surface area contributed by atoms with Crippen molar-refractivity contribution < 1.29 is 14.2 Å². The van der Waals surface area contributed by atoms with Gasteiger partial charge in [-0.25, -0.2) is 0 Å². The molecule has 0 bridgehead atoms. The Morgan fingerprint density at radius 1 is 1.07 bits per heavy atom. The van der Waals surface area contributed by atoms with Gasteiger partial charge in [0.05, 0.1) is 6.10 Å². The molecule has 0 saturated heterocycles. The third-order valence-corrected chi connectivity index (χ3v) is 2.06. The third-order valence-electron chi connectivity index (χ3n) is 2.06. The Morgan fingerprint density at radius 3 is 2.53 bits per heavy atom. The van der Waals surface area contributed by atoms with E-state index in [2.05, 4.69) is 6.92 Å². The van der Waals surface area contributed by atoms with Crippen molar-refractivity contribution in [2.24, 2.45) is 5.73 Å². The Hall–Kier alpha value is -0.160. The second-order valence-electron chi connectivity index (χ2n) is 3.57. The van der Waals surface area contributed by atoms with Crippen LogP contribution < -0.4 is 5.73 Å². The van der Waals surface area contributed by atoms with E-state index < -0.39 is 0 Å². The summed E-state index contributed by atoms with van der Waals surface area (Å²) in [7, 11) is 1.70. The summed E-state index contributed by atoms with van der Waals surface area (Å²) in [5.74, 6) is 0. The van der Waals surface area contributed by atoms with Crippen molar-refractivity contribution in [1.29, 1.82) is 0 Å². The summed E-state index contributed by atoms with van der Waals surface area (Å²) in [5.41, 5.74) is 5.35. The largest absolute Gasteiger partial charge is 0.385 e. The summed E-state index contributed by atoms with van der Waals surface area (Å²) in [6.07, 6.45) is 3.09. The molecule has 0 aliphatic rings. The highest BCUT2D eigenvalue weighted by Gasteiger charge is 2.01. The second-order valence-corrected chi connectivity index (χ2v) is 3.57. The SMILES string of the molecule is COCCCOC(C)CCOCCCN. The van der Waals surface area contributed by atoms with Gasteiger partial charge in [-0.3, -0.25) is 0 Å². The minimum atomic E-state index is 0.264. The average Bonchev–Trinajstić information content (AvgIpc) is 2.24. The maximum atomic E-state index is 5.57. The summed E-state index contributed by atoms with van der Waals surface area (Å²) in [5, 5.41) is 0. The van der Waals surface area contributed by atoms with Gasteiger partial charge >= 0.3 is 0 Å². The van der Waals surface area contributed by atoms with Crippen LogP contribution in [-0.4, -0.2) is 46.2 Å². The van der Waals surface area contributed by atoms with Gasteiger partial charge in [-0.1, -0.05) is 0 Å². The topological polar surface area (TPSA) is 53.7 Å². The summed E-state index contributed by atoms with van der Waals surface area (Å²) in [6.45, 7) is 5.80. The van der Waals surface area contributed by atoms with Crippen LogP contribution in [0.15, 0.2) is 0 Å². The van der Waals surface area contributed by atoms with Crippen LogP contribution in [0.5, 0.6) is 0 Å². The predicted octanol–water partition coefficient (Wildman–Crippen LogP) is 1.18. The van der Waals surface area contributed by atoms with Gasteiger partial charge in [0.1, 0.15) is 0 Å². The van der Waals surface area contributed by atoms with Crippen molar-refractivity contribution >= 4 is 0 Å². The maximum absolute atomic E-state index is 5.57. The first kappa shape index (κ1) is 14.8. The standard InChI is InChI=1S/C11H25NO3/c1-11(15-9-4-7-13-2)5-10-14-8-3-6-12/h11H,3-10,12H2,1-2H3. The number of hydrogen-bond donors (Lipinski definition) is 1. The normalized spacial score (nSPS) is 13.0. The second kappa shape index (κ2) is 11.9. The molecule has 2 N–H and O–H groups in total. The predicted molar refractivity (Wildman–Crippen MR) is 61.0 cm³/mol. The lowest BCUT2D eigenvalue weighted by Crippen LogP contribution is -2.14. The van der Waals surface area contributed by atoms with E-state index in [-0.39, 0.29) is 6.10 Å². The highest BCUT2D eigenvalue weighted by molar-refractivity contribution is 4.49. The molecule has 0 fully saturated rings. The van der Waals surface area contributed by atoms with Crippen LogP contribution in [0, 0.1) is 0 Å². The first-order chi connectivity index (χ1) is 7.31. The van der Waals surface area contributed by atoms with E-state index in [9.17, 15) is 0 Å². The number of ether oxygens (including phenoxy) is 3. The maximum Gasteiger partial charge on any atom is 0.0568 e. The van der Waals surface area contributed by atoms with Crippen LogP contribution in [0.2, 0.25) is 0 Å². The monoisotopic (exact) mass is 219 g/mol. The van der Waals surface area contributed by atoms with Crippen molar-refractivity contribution in [3.63, 3.8) is 0 Å². The highest BCUT2D eigenvalue weighted by Crippen LogP contribution is 1.99. The van der Waals surface area contributed by atoms with Gasteiger partial charge in [-0.15, -0.1) is 0 Å². The Labute approximate surface area is 93.1 Å². The van der Waals surface area contributed by atoms with E-state index in [1.165, 1.54) is 0 Å². The fraction of sp³-hybridized carbons (Fsp3) is 1.00. The molecule has 0 aromatic carbocycles.